The van der Waals surface area contributed by atoms with Gasteiger partial charge in [-0.3, -0.25) is 4.99 Å². The zero-order valence-corrected chi connectivity index (χ0v) is 13.7. The van der Waals surface area contributed by atoms with Gasteiger partial charge in [0, 0.05) is 26.1 Å². The highest BCUT2D eigenvalue weighted by Crippen LogP contribution is 2.33. The molecular formula is C16H22N4OS. The lowest BCUT2D eigenvalue weighted by atomic mass is 9.98. The Morgan fingerprint density at radius 3 is 2.91 bits per heavy atom. The second-order valence-electron chi connectivity index (χ2n) is 5.51. The van der Waals surface area contributed by atoms with Crippen molar-refractivity contribution in [3.05, 3.63) is 29.3 Å². The van der Waals surface area contributed by atoms with E-state index in [4.69, 9.17) is 15.5 Å². The number of rotatable bonds is 4. The van der Waals surface area contributed by atoms with Gasteiger partial charge in [-0.2, -0.15) is 0 Å². The van der Waals surface area contributed by atoms with Crippen LogP contribution in [-0.2, 0) is 4.74 Å². The number of thiazole rings is 1. The highest BCUT2D eigenvalue weighted by atomic mass is 32.1. The van der Waals surface area contributed by atoms with Crippen LogP contribution in [0.3, 0.4) is 0 Å². The first-order valence-corrected chi connectivity index (χ1v) is 8.49. The summed E-state index contributed by atoms with van der Waals surface area (Å²) in [6.45, 7) is 3.13. The molecule has 118 valence electrons. The fourth-order valence-corrected chi connectivity index (χ4v) is 3.91. The molecule has 1 saturated heterocycles. The highest BCUT2D eigenvalue weighted by molar-refractivity contribution is 7.18. The summed E-state index contributed by atoms with van der Waals surface area (Å²) in [5.41, 5.74) is 7.16. The quantitative estimate of drug-likeness (QED) is 0.534. The van der Waals surface area contributed by atoms with Crippen molar-refractivity contribution in [1.29, 1.82) is 0 Å². The van der Waals surface area contributed by atoms with E-state index in [1.54, 1.807) is 7.11 Å². The Labute approximate surface area is 134 Å². The summed E-state index contributed by atoms with van der Waals surface area (Å²) in [5, 5.41) is 1.26. The molecule has 0 saturated carbocycles. The number of hydrogen-bond acceptors (Lipinski definition) is 4. The van der Waals surface area contributed by atoms with Crippen LogP contribution in [0.1, 0.15) is 23.8 Å². The van der Waals surface area contributed by atoms with Gasteiger partial charge in [0.1, 0.15) is 0 Å². The number of aliphatic imine (C=N–C) groups is 1. The third-order valence-electron chi connectivity index (χ3n) is 4.05. The first-order chi connectivity index (χ1) is 10.8. The molecule has 1 aliphatic rings. The molecule has 0 unspecified atom stereocenters. The van der Waals surface area contributed by atoms with Gasteiger partial charge < -0.3 is 15.4 Å². The molecule has 0 radical (unpaired) electrons. The second kappa shape index (κ2) is 7.07. The normalized spacial score (nSPS) is 17.3. The third kappa shape index (κ3) is 3.39. The number of fused-ring (bicyclic) bond motifs is 1. The molecule has 2 aromatic rings. The van der Waals surface area contributed by atoms with Gasteiger partial charge in [0.2, 0.25) is 0 Å². The van der Waals surface area contributed by atoms with Gasteiger partial charge in [-0.05, 0) is 25.0 Å². The first kappa shape index (κ1) is 15.2. The van der Waals surface area contributed by atoms with Crippen molar-refractivity contribution in [3.63, 3.8) is 0 Å². The van der Waals surface area contributed by atoms with E-state index in [1.165, 1.54) is 9.71 Å². The number of hydrogen-bond donors (Lipinski definition) is 1. The summed E-state index contributed by atoms with van der Waals surface area (Å²) >= 11 is 1.82. The van der Waals surface area contributed by atoms with Crippen LogP contribution in [0.2, 0.25) is 0 Å². The van der Waals surface area contributed by atoms with Crippen LogP contribution in [0, 0.1) is 0 Å². The zero-order chi connectivity index (χ0) is 15.4. The van der Waals surface area contributed by atoms with E-state index in [2.05, 4.69) is 28.1 Å². The topological polar surface area (TPSA) is 63.7 Å². The van der Waals surface area contributed by atoms with Crippen LogP contribution in [-0.4, -0.2) is 49.2 Å². The molecule has 0 aliphatic carbocycles. The number of nitrogens with zero attached hydrogens (tertiary/aromatic N) is 3. The maximum Gasteiger partial charge on any atom is 0.191 e. The summed E-state index contributed by atoms with van der Waals surface area (Å²) < 4.78 is 6.27. The van der Waals surface area contributed by atoms with Crippen molar-refractivity contribution in [1.82, 2.24) is 9.88 Å². The zero-order valence-electron chi connectivity index (χ0n) is 12.9. The fraction of sp³-hybridized carbons (Fsp3) is 0.500. The number of ether oxygens (including phenoxy) is 1. The molecule has 2 heterocycles. The fourth-order valence-electron chi connectivity index (χ4n) is 2.77. The number of piperidine rings is 1. The Hall–Kier alpha value is -1.66. The standard InChI is InChI=1S/C16H22N4OS/c1-21-11-8-18-16(17)20-9-6-12(7-10-20)15-19-13-4-2-3-5-14(13)22-15/h2-5,12H,6-11H2,1H3,(H2,17,18). The Morgan fingerprint density at radius 2 is 2.18 bits per heavy atom. The van der Waals surface area contributed by atoms with Gasteiger partial charge in [0.05, 0.1) is 28.4 Å². The summed E-state index contributed by atoms with van der Waals surface area (Å²) in [5.74, 6) is 1.18. The van der Waals surface area contributed by atoms with E-state index in [-0.39, 0.29) is 0 Å². The van der Waals surface area contributed by atoms with Crippen molar-refractivity contribution >= 4 is 27.5 Å². The molecule has 6 heteroatoms. The largest absolute Gasteiger partial charge is 0.383 e. The lowest BCUT2D eigenvalue weighted by Crippen LogP contribution is -2.42. The van der Waals surface area contributed by atoms with Crippen LogP contribution >= 0.6 is 11.3 Å². The van der Waals surface area contributed by atoms with E-state index in [9.17, 15) is 0 Å². The van der Waals surface area contributed by atoms with E-state index in [0.717, 1.165) is 31.4 Å². The van der Waals surface area contributed by atoms with E-state index in [1.807, 2.05) is 17.4 Å². The minimum absolute atomic E-state index is 0.542. The molecule has 0 bridgehead atoms. The molecule has 3 rings (SSSR count). The molecule has 0 spiro atoms. The SMILES string of the molecule is COCCN=C(N)N1CCC(c2nc3ccccc3s2)CC1. The van der Waals surface area contributed by atoms with Crippen LogP contribution in [0.15, 0.2) is 29.3 Å². The molecule has 0 amide bonds. The Balaban J connectivity index is 1.60. The summed E-state index contributed by atoms with van der Waals surface area (Å²) in [7, 11) is 1.68. The molecule has 0 atom stereocenters. The van der Waals surface area contributed by atoms with E-state index >= 15 is 0 Å². The Morgan fingerprint density at radius 1 is 1.41 bits per heavy atom. The number of benzene rings is 1. The van der Waals surface area contributed by atoms with Gasteiger partial charge in [-0.15, -0.1) is 11.3 Å². The third-order valence-corrected chi connectivity index (χ3v) is 5.25. The summed E-state index contributed by atoms with van der Waals surface area (Å²) in [6.07, 6.45) is 2.17. The smallest absolute Gasteiger partial charge is 0.191 e. The van der Waals surface area contributed by atoms with Gasteiger partial charge >= 0.3 is 0 Å². The molecule has 22 heavy (non-hydrogen) atoms. The molecule has 1 aliphatic heterocycles. The predicted octanol–water partition coefficient (Wildman–Crippen LogP) is 2.44. The Bertz CT molecular complexity index is 613. The van der Waals surface area contributed by atoms with Gasteiger partial charge in [-0.1, -0.05) is 12.1 Å². The van der Waals surface area contributed by atoms with Crippen molar-refractivity contribution in [2.24, 2.45) is 10.7 Å². The minimum Gasteiger partial charge on any atom is -0.383 e. The minimum atomic E-state index is 0.542. The number of guanidine groups is 1. The van der Waals surface area contributed by atoms with Crippen molar-refractivity contribution in [2.75, 3.05) is 33.4 Å². The predicted molar refractivity (Wildman–Crippen MR) is 91.5 cm³/mol. The highest BCUT2D eigenvalue weighted by Gasteiger charge is 2.24. The monoisotopic (exact) mass is 318 g/mol. The number of likely N-dealkylation sites (tertiary alicyclic amines) is 1. The van der Waals surface area contributed by atoms with Crippen molar-refractivity contribution in [2.45, 2.75) is 18.8 Å². The van der Waals surface area contributed by atoms with Crippen LogP contribution in [0.4, 0.5) is 0 Å². The number of methoxy groups -OCH3 is 1. The van der Waals surface area contributed by atoms with Gasteiger partial charge in [-0.25, -0.2) is 4.98 Å². The van der Waals surface area contributed by atoms with E-state index in [0.29, 0.717) is 25.0 Å². The van der Waals surface area contributed by atoms with Crippen molar-refractivity contribution in [3.8, 4) is 0 Å². The maximum atomic E-state index is 6.04. The van der Waals surface area contributed by atoms with Gasteiger partial charge in [0.15, 0.2) is 5.96 Å². The second-order valence-corrected chi connectivity index (χ2v) is 6.58. The summed E-state index contributed by atoms with van der Waals surface area (Å²) in [6, 6.07) is 8.35. The van der Waals surface area contributed by atoms with Gasteiger partial charge in [0.25, 0.3) is 0 Å². The maximum absolute atomic E-state index is 6.04. The average molecular weight is 318 g/mol. The lowest BCUT2D eigenvalue weighted by Gasteiger charge is -2.31. The number of aromatic nitrogens is 1. The molecule has 1 fully saturated rings. The van der Waals surface area contributed by atoms with Crippen LogP contribution < -0.4 is 5.73 Å². The lowest BCUT2D eigenvalue weighted by molar-refractivity contribution is 0.207. The number of nitrogens with two attached hydrogens (primary N) is 1. The van der Waals surface area contributed by atoms with Crippen LogP contribution in [0.25, 0.3) is 10.2 Å². The molecule has 2 N–H and O–H groups in total. The Kier molecular flexibility index (Phi) is 4.90. The molecule has 1 aromatic heterocycles. The van der Waals surface area contributed by atoms with Crippen molar-refractivity contribution < 1.29 is 4.74 Å². The van der Waals surface area contributed by atoms with Crippen LogP contribution in [0.5, 0.6) is 0 Å². The molecule has 1 aromatic carbocycles. The summed E-state index contributed by atoms with van der Waals surface area (Å²) in [4.78, 5) is 11.3. The molecule has 5 nitrogen and oxygen atoms in total. The average Bonchev–Trinajstić information content (AvgIpc) is 2.99. The number of para-hydroxylation sites is 1. The molecular weight excluding hydrogens is 296 g/mol. The first-order valence-electron chi connectivity index (χ1n) is 7.67. The van der Waals surface area contributed by atoms with E-state index < -0.39 is 0 Å².